The zero-order chi connectivity index (χ0) is 18.1. The van der Waals surface area contributed by atoms with Crippen LogP contribution >= 0.6 is 23.4 Å². The van der Waals surface area contributed by atoms with Crippen molar-refractivity contribution in [3.8, 4) is 5.75 Å². The average molecular weight is 381 g/mol. The molecular weight excluding hydrogens is 360 g/mol. The van der Waals surface area contributed by atoms with E-state index in [0.717, 1.165) is 10.8 Å². The Kier molecular flexibility index (Phi) is 4.97. The number of halogens is 1. The Morgan fingerprint density at radius 3 is 2.38 bits per heavy atom. The van der Waals surface area contributed by atoms with Crippen molar-refractivity contribution in [3.63, 3.8) is 0 Å². The van der Waals surface area contributed by atoms with Crippen LogP contribution in [0.25, 0.3) is 0 Å². The lowest BCUT2D eigenvalue weighted by Crippen LogP contribution is -2.22. The van der Waals surface area contributed by atoms with E-state index in [1.165, 1.54) is 21.6 Å². The van der Waals surface area contributed by atoms with Crippen molar-refractivity contribution in [2.45, 2.75) is 23.0 Å². The van der Waals surface area contributed by atoms with E-state index >= 15 is 0 Å². The fourth-order valence-electron chi connectivity index (χ4n) is 3.90. The van der Waals surface area contributed by atoms with Crippen LogP contribution in [0.4, 0.5) is 0 Å². The van der Waals surface area contributed by atoms with E-state index in [-0.39, 0.29) is 0 Å². The number of rotatable bonds is 3. The molecule has 0 amide bonds. The van der Waals surface area contributed by atoms with Gasteiger partial charge in [0.15, 0.2) is 0 Å². The molecule has 3 aromatic rings. The Hall–Kier alpha value is -1.90. The van der Waals surface area contributed by atoms with E-state index < -0.39 is 0 Å². The molecular formula is C23H21ClOS. The zero-order valence-corrected chi connectivity index (χ0v) is 16.4. The molecule has 0 bridgehead atoms. The largest absolute Gasteiger partial charge is 0.497 e. The number of ether oxygens (including phenoxy) is 1. The molecule has 1 nitrogen and oxygen atoms in total. The summed E-state index contributed by atoms with van der Waals surface area (Å²) in [7, 11) is 1.71. The Bertz CT molecular complexity index is 906. The summed E-state index contributed by atoms with van der Waals surface area (Å²) in [6.45, 7) is 2.35. The lowest BCUT2D eigenvalue weighted by Gasteiger charge is -2.38. The van der Waals surface area contributed by atoms with Gasteiger partial charge in [0.25, 0.3) is 0 Å². The summed E-state index contributed by atoms with van der Waals surface area (Å²) in [5.74, 6) is 1.69. The molecule has 0 saturated carbocycles. The predicted octanol–water partition coefficient (Wildman–Crippen LogP) is 6.96. The Morgan fingerprint density at radius 2 is 1.65 bits per heavy atom. The molecule has 26 heavy (non-hydrogen) atoms. The van der Waals surface area contributed by atoms with Crippen molar-refractivity contribution in [2.24, 2.45) is 5.92 Å². The predicted molar refractivity (Wildman–Crippen MR) is 110 cm³/mol. The van der Waals surface area contributed by atoms with Crippen molar-refractivity contribution >= 4 is 23.4 Å². The molecule has 0 aromatic heterocycles. The van der Waals surface area contributed by atoms with Crippen LogP contribution in [0.3, 0.4) is 0 Å². The van der Waals surface area contributed by atoms with E-state index in [0.29, 0.717) is 17.1 Å². The first-order valence-corrected chi connectivity index (χ1v) is 10.1. The van der Waals surface area contributed by atoms with Crippen molar-refractivity contribution in [2.75, 3.05) is 7.11 Å². The lowest BCUT2D eigenvalue weighted by atomic mass is 9.78. The lowest BCUT2D eigenvalue weighted by molar-refractivity contribution is 0.414. The minimum atomic E-state index is 0.349. The zero-order valence-electron chi connectivity index (χ0n) is 14.9. The second-order valence-corrected chi connectivity index (χ2v) is 8.36. The van der Waals surface area contributed by atoms with Gasteiger partial charge >= 0.3 is 0 Å². The summed E-state index contributed by atoms with van der Waals surface area (Å²) < 4.78 is 5.34. The average Bonchev–Trinajstić information content (AvgIpc) is 2.68. The molecule has 0 radical (unpaired) electrons. The molecule has 0 saturated heterocycles. The molecule has 1 heterocycles. The highest BCUT2D eigenvalue weighted by molar-refractivity contribution is 7.99. The maximum Gasteiger partial charge on any atom is 0.118 e. The normalized spacial score (nSPS) is 21.9. The number of thioether (sulfide) groups is 1. The third kappa shape index (κ3) is 3.24. The third-order valence-corrected chi connectivity index (χ3v) is 6.98. The van der Waals surface area contributed by atoms with E-state index in [9.17, 15) is 0 Å². The molecule has 1 aliphatic rings. The van der Waals surface area contributed by atoms with Gasteiger partial charge in [-0.15, -0.1) is 11.8 Å². The first kappa shape index (κ1) is 17.5. The van der Waals surface area contributed by atoms with E-state index in [4.69, 9.17) is 16.3 Å². The number of hydrogen-bond acceptors (Lipinski definition) is 2. The van der Waals surface area contributed by atoms with Crippen LogP contribution in [0.2, 0.25) is 5.02 Å². The second-order valence-electron chi connectivity index (χ2n) is 6.74. The highest BCUT2D eigenvalue weighted by Crippen LogP contribution is 2.55. The van der Waals surface area contributed by atoms with E-state index in [2.05, 4.69) is 67.6 Å². The Morgan fingerprint density at radius 1 is 0.885 bits per heavy atom. The highest BCUT2D eigenvalue weighted by atomic mass is 35.5. The van der Waals surface area contributed by atoms with Crippen LogP contribution in [-0.2, 0) is 0 Å². The third-order valence-electron chi connectivity index (χ3n) is 5.16. The summed E-state index contributed by atoms with van der Waals surface area (Å²) in [6.07, 6.45) is 0. The molecule has 0 aliphatic carbocycles. The maximum absolute atomic E-state index is 6.28. The molecule has 4 rings (SSSR count). The van der Waals surface area contributed by atoms with Crippen molar-refractivity contribution in [1.82, 2.24) is 0 Å². The van der Waals surface area contributed by atoms with Gasteiger partial charge in [0.05, 0.1) is 7.11 Å². The van der Waals surface area contributed by atoms with Crippen LogP contribution in [0.1, 0.15) is 34.8 Å². The van der Waals surface area contributed by atoms with E-state index in [1.54, 1.807) is 7.11 Å². The quantitative estimate of drug-likeness (QED) is 0.485. The van der Waals surface area contributed by atoms with E-state index in [1.807, 2.05) is 23.9 Å². The van der Waals surface area contributed by atoms with Gasteiger partial charge in [0, 0.05) is 21.1 Å². The number of hydrogen-bond donors (Lipinski definition) is 0. The molecule has 0 fully saturated rings. The molecule has 132 valence electrons. The first-order valence-electron chi connectivity index (χ1n) is 8.82. The van der Waals surface area contributed by atoms with Gasteiger partial charge in [-0.05, 0) is 52.9 Å². The van der Waals surface area contributed by atoms with Crippen molar-refractivity contribution in [3.05, 3.63) is 94.5 Å². The number of fused-ring (bicyclic) bond motifs is 1. The minimum absolute atomic E-state index is 0.349. The maximum atomic E-state index is 6.28. The molecule has 3 heteroatoms. The van der Waals surface area contributed by atoms with Gasteiger partial charge in [0.2, 0.25) is 0 Å². The second kappa shape index (κ2) is 7.38. The molecule has 3 atom stereocenters. The van der Waals surface area contributed by atoms with Crippen LogP contribution in [0.5, 0.6) is 5.75 Å². The van der Waals surface area contributed by atoms with Gasteiger partial charge in [-0.1, -0.05) is 61.0 Å². The summed E-state index contributed by atoms with van der Waals surface area (Å²) in [5.41, 5.74) is 4.04. The van der Waals surface area contributed by atoms with Gasteiger partial charge in [0.1, 0.15) is 5.75 Å². The summed E-state index contributed by atoms with van der Waals surface area (Å²) in [6, 6.07) is 25.6. The van der Waals surface area contributed by atoms with Gasteiger partial charge in [-0.25, -0.2) is 0 Å². The summed E-state index contributed by atoms with van der Waals surface area (Å²) >= 11 is 8.23. The van der Waals surface area contributed by atoms with Crippen LogP contribution in [0, 0.1) is 5.92 Å². The topological polar surface area (TPSA) is 9.23 Å². The SMILES string of the molecule is COc1ccc([C@H]2c3ccccc3S[C@@H](c3cccc(Cl)c3)[C@@H]2C)cc1. The smallest absolute Gasteiger partial charge is 0.118 e. The minimum Gasteiger partial charge on any atom is -0.497 e. The molecule has 3 aromatic carbocycles. The number of benzene rings is 3. The van der Waals surface area contributed by atoms with Crippen molar-refractivity contribution < 1.29 is 4.74 Å². The van der Waals surface area contributed by atoms with Crippen molar-refractivity contribution in [1.29, 1.82) is 0 Å². The molecule has 0 N–H and O–H groups in total. The van der Waals surface area contributed by atoms with Gasteiger partial charge < -0.3 is 4.74 Å². The Balaban J connectivity index is 1.80. The monoisotopic (exact) mass is 380 g/mol. The summed E-state index contributed by atoms with van der Waals surface area (Å²) in [5, 5.41) is 1.17. The van der Waals surface area contributed by atoms with Crippen LogP contribution < -0.4 is 4.74 Å². The molecule has 0 unspecified atom stereocenters. The highest BCUT2D eigenvalue weighted by Gasteiger charge is 2.36. The fourth-order valence-corrected chi connectivity index (χ4v) is 5.51. The first-order chi connectivity index (χ1) is 12.7. The van der Waals surface area contributed by atoms with Crippen LogP contribution in [-0.4, -0.2) is 7.11 Å². The summed E-state index contributed by atoms with van der Waals surface area (Å²) in [4.78, 5) is 1.36. The standard InChI is InChI=1S/C23H21ClOS/c1-15-22(16-10-12-19(25-2)13-11-16)20-8-3-4-9-21(20)26-23(15)17-6-5-7-18(24)14-17/h3-15,22-23H,1-2H3/t15-,22+,23-/m1/s1. The number of methoxy groups -OCH3 is 1. The van der Waals surface area contributed by atoms with Gasteiger partial charge in [-0.2, -0.15) is 0 Å². The van der Waals surface area contributed by atoms with Crippen LogP contribution in [0.15, 0.2) is 77.7 Å². The molecule has 1 aliphatic heterocycles. The molecule has 0 spiro atoms. The Labute approximate surface area is 164 Å². The van der Waals surface area contributed by atoms with Gasteiger partial charge in [-0.3, -0.25) is 0 Å². The fraction of sp³-hybridized carbons (Fsp3) is 0.217.